The highest BCUT2D eigenvalue weighted by Gasteiger charge is 2.15. The summed E-state index contributed by atoms with van der Waals surface area (Å²) < 4.78 is 0. The van der Waals surface area contributed by atoms with Crippen molar-refractivity contribution in [1.82, 2.24) is 0 Å². The van der Waals surface area contributed by atoms with Crippen molar-refractivity contribution in [2.24, 2.45) is 0 Å². The first-order chi connectivity index (χ1) is 10.2. The van der Waals surface area contributed by atoms with Crippen LogP contribution in [0.5, 0.6) is 0 Å². The number of aryl methyl sites for hydroxylation is 1. The number of fused-ring (bicyclic) bond motifs is 1. The molecular formula is C18H19NO2. The van der Waals surface area contributed by atoms with Crippen molar-refractivity contribution in [1.29, 1.82) is 0 Å². The lowest BCUT2D eigenvalue weighted by atomic mass is 10.1. The summed E-state index contributed by atoms with van der Waals surface area (Å²) in [7, 11) is 0. The van der Waals surface area contributed by atoms with Crippen molar-refractivity contribution in [3.63, 3.8) is 0 Å². The minimum atomic E-state index is -0.867. The zero-order valence-electron chi connectivity index (χ0n) is 12.0. The molecule has 0 bridgehead atoms. The predicted octanol–water partition coefficient (Wildman–Crippen LogP) is 3.73. The zero-order valence-corrected chi connectivity index (χ0v) is 12.0. The van der Waals surface area contributed by atoms with Crippen molar-refractivity contribution in [2.45, 2.75) is 25.8 Å². The minimum Gasteiger partial charge on any atom is -0.478 e. The molecule has 0 spiro atoms. The Morgan fingerprint density at radius 3 is 2.81 bits per heavy atom. The average Bonchev–Trinajstić information content (AvgIpc) is 2.70. The second kappa shape index (κ2) is 6.00. The van der Waals surface area contributed by atoms with Crippen molar-refractivity contribution in [3.05, 3.63) is 65.2 Å². The molecule has 0 fully saturated rings. The smallest absolute Gasteiger partial charge is 0.335 e. The molecule has 2 aromatic carbocycles. The van der Waals surface area contributed by atoms with Gasteiger partial charge in [-0.25, -0.2) is 4.79 Å². The third-order valence-electron chi connectivity index (χ3n) is 4.00. The van der Waals surface area contributed by atoms with E-state index >= 15 is 0 Å². The molecule has 3 heteroatoms. The molecule has 3 rings (SSSR count). The molecule has 0 saturated carbocycles. The second-order valence-electron chi connectivity index (χ2n) is 5.51. The molecule has 1 heterocycles. The summed E-state index contributed by atoms with van der Waals surface area (Å²) >= 11 is 0. The molecular weight excluding hydrogens is 262 g/mol. The standard InChI is InChI=1S/C18H19NO2/c20-18(21)16-9-5-6-14(12-16)13-19-11-4-3-8-15-7-1-2-10-17(15)19/h1-2,5-7,9-10,12H,3-4,8,11,13H2,(H,20,21). The molecule has 21 heavy (non-hydrogen) atoms. The molecule has 0 aromatic heterocycles. The summed E-state index contributed by atoms with van der Waals surface area (Å²) in [5, 5.41) is 9.10. The summed E-state index contributed by atoms with van der Waals surface area (Å²) in [6.07, 6.45) is 3.51. The molecule has 0 saturated heterocycles. The van der Waals surface area contributed by atoms with Crippen molar-refractivity contribution >= 4 is 11.7 Å². The Morgan fingerprint density at radius 2 is 1.95 bits per heavy atom. The van der Waals surface area contributed by atoms with Gasteiger partial charge >= 0.3 is 5.97 Å². The highest BCUT2D eigenvalue weighted by molar-refractivity contribution is 5.87. The van der Waals surface area contributed by atoms with Crippen LogP contribution in [-0.4, -0.2) is 17.6 Å². The zero-order chi connectivity index (χ0) is 14.7. The number of benzene rings is 2. The molecule has 1 aliphatic heterocycles. The lowest BCUT2D eigenvalue weighted by molar-refractivity contribution is 0.0696. The van der Waals surface area contributed by atoms with E-state index in [1.54, 1.807) is 12.1 Å². The average molecular weight is 281 g/mol. The van der Waals surface area contributed by atoms with E-state index in [-0.39, 0.29) is 0 Å². The molecule has 0 unspecified atom stereocenters. The van der Waals surface area contributed by atoms with Gasteiger partial charge in [-0.15, -0.1) is 0 Å². The normalized spacial score (nSPS) is 14.4. The summed E-state index contributed by atoms with van der Waals surface area (Å²) in [6.45, 7) is 1.78. The molecule has 0 radical (unpaired) electrons. The Kier molecular flexibility index (Phi) is 3.91. The maximum atomic E-state index is 11.1. The SMILES string of the molecule is O=C(O)c1cccc(CN2CCCCc3ccccc32)c1. The van der Waals surface area contributed by atoms with Crippen LogP contribution in [0.3, 0.4) is 0 Å². The number of carboxylic acid groups (broad SMARTS) is 1. The molecule has 3 nitrogen and oxygen atoms in total. The summed E-state index contributed by atoms with van der Waals surface area (Å²) in [5.74, 6) is -0.867. The van der Waals surface area contributed by atoms with Gasteiger partial charge in [0.05, 0.1) is 5.56 Å². The van der Waals surface area contributed by atoms with Crippen LogP contribution in [0.15, 0.2) is 48.5 Å². The lowest BCUT2D eigenvalue weighted by Crippen LogP contribution is -2.23. The highest BCUT2D eigenvalue weighted by atomic mass is 16.4. The van der Waals surface area contributed by atoms with E-state index < -0.39 is 5.97 Å². The van der Waals surface area contributed by atoms with Crippen LogP contribution >= 0.6 is 0 Å². The van der Waals surface area contributed by atoms with E-state index in [0.29, 0.717) is 5.56 Å². The summed E-state index contributed by atoms with van der Waals surface area (Å²) in [5.41, 5.74) is 4.09. The minimum absolute atomic E-state index is 0.357. The van der Waals surface area contributed by atoms with Gasteiger partial charge in [0, 0.05) is 18.8 Å². The van der Waals surface area contributed by atoms with Crippen LogP contribution in [0.1, 0.15) is 34.3 Å². The van der Waals surface area contributed by atoms with E-state index in [9.17, 15) is 4.79 Å². The maximum Gasteiger partial charge on any atom is 0.335 e. The van der Waals surface area contributed by atoms with E-state index in [1.807, 2.05) is 12.1 Å². The number of aromatic carboxylic acids is 1. The number of para-hydroxylation sites is 1. The first kappa shape index (κ1) is 13.7. The Labute approximate surface area is 124 Å². The van der Waals surface area contributed by atoms with Crippen molar-refractivity contribution in [2.75, 3.05) is 11.4 Å². The monoisotopic (exact) mass is 281 g/mol. The number of hydrogen-bond donors (Lipinski definition) is 1. The first-order valence-corrected chi connectivity index (χ1v) is 7.39. The molecule has 108 valence electrons. The topological polar surface area (TPSA) is 40.5 Å². The van der Waals surface area contributed by atoms with Gasteiger partial charge in [0.1, 0.15) is 0 Å². The Hall–Kier alpha value is -2.29. The van der Waals surface area contributed by atoms with E-state index in [0.717, 1.165) is 25.1 Å². The van der Waals surface area contributed by atoms with Gasteiger partial charge in [0.2, 0.25) is 0 Å². The van der Waals surface area contributed by atoms with Crippen molar-refractivity contribution in [3.8, 4) is 0 Å². The fraction of sp³-hybridized carbons (Fsp3) is 0.278. The second-order valence-corrected chi connectivity index (χ2v) is 5.51. The number of rotatable bonds is 3. The van der Waals surface area contributed by atoms with Gasteiger partial charge in [-0.1, -0.05) is 30.3 Å². The van der Waals surface area contributed by atoms with E-state index in [4.69, 9.17) is 5.11 Å². The maximum absolute atomic E-state index is 11.1. The Morgan fingerprint density at radius 1 is 1.10 bits per heavy atom. The van der Waals surface area contributed by atoms with Gasteiger partial charge in [0.15, 0.2) is 0 Å². The summed E-state index contributed by atoms with van der Waals surface area (Å²) in [6, 6.07) is 15.8. The number of anilines is 1. The van der Waals surface area contributed by atoms with Crippen LogP contribution in [0.4, 0.5) is 5.69 Å². The van der Waals surface area contributed by atoms with Gasteiger partial charge in [-0.05, 0) is 48.6 Å². The lowest BCUT2D eigenvalue weighted by Gasteiger charge is -2.25. The van der Waals surface area contributed by atoms with Crippen LogP contribution in [0.2, 0.25) is 0 Å². The first-order valence-electron chi connectivity index (χ1n) is 7.39. The van der Waals surface area contributed by atoms with Gasteiger partial charge in [0.25, 0.3) is 0 Å². The van der Waals surface area contributed by atoms with Crippen LogP contribution < -0.4 is 4.90 Å². The van der Waals surface area contributed by atoms with Crippen LogP contribution in [0, 0.1) is 0 Å². The van der Waals surface area contributed by atoms with Crippen LogP contribution in [0.25, 0.3) is 0 Å². The number of carboxylic acids is 1. The third-order valence-corrected chi connectivity index (χ3v) is 4.00. The number of hydrogen-bond acceptors (Lipinski definition) is 2. The fourth-order valence-corrected chi connectivity index (χ4v) is 2.96. The fourth-order valence-electron chi connectivity index (χ4n) is 2.96. The Bertz CT molecular complexity index is 651. The molecule has 1 N–H and O–H groups in total. The number of carbonyl (C=O) groups is 1. The van der Waals surface area contributed by atoms with Gasteiger partial charge in [-0.3, -0.25) is 0 Å². The van der Waals surface area contributed by atoms with E-state index in [2.05, 4.69) is 29.2 Å². The summed E-state index contributed by atoms with van der Waals surface area (Å²) in [4.78, 5) is 13.4. The largest absolute Gasteiger partial charge is 0.478 e. The molecule has 0 amide bonds. The molecule has 0 atom stereocenters. The van der Waals surface area contributed by atoms with Crippen molar-refractivity contribution < 1.29 is 9.90 Å². The Balaban J connectivity index is 1.87. The van der Waals surface area contributed by atoms with Gasteiger partial charge < -0.3 is 10.0 Å². The van der Waals surface area contributed by atoms with Crippen LogP contribution in [-0.2, 0) is 13.0 Å². The molecule has 2 aromatic rings. The molecule has 1 aliphatic rings. The number of nitrogens with zero attached hydrogens (tertiary/aromatic N) is 1. The highest BCUT2D eigenvalue weighted by Crippen LogP contribution is 2.27. The quantitative estimate of drug-likeness (QED) is 0.932. The predicted molar refractivity (Wildman–Crippen MR) is 83.8 cm³/mol. The molecule has 0 aliphatic carbocycles. The third kappa shape index (κ3) is 3.07. The van der Waals surface area contributed by atoms with E-state index in [1.165, 1.54) is 24.1 Å². The van der Waals surface area contributed by atoms with Gasteiger partial charge in [-0.2, -0.15) is 0 Å².